The fourth-order valence-electron chi connectivity index (χ4n) is 2.27. The molecule has 6 nitrogen and oxygen atoms in total. The number of amides is 1. The second-order valence-electron chi connectivity index (χ2n) is 5.81. The Labute approximate surface area is 147 Å². The second kappa shape index (κ2) is 8.28. The molecule has 0 aliphatic rings. The van der Waals surface area contributed by atoms with Crippen molar-refractivity contribution in [1.82, 2.24) is 4.90 Å². The molecule has 0 unspecified atom stereocenters. The Morgan fingerprint density at radius 1 is 1.16 bits per heavy atom. The molecule has 0 radical (unpaired) electrons. The summed E-state index contributed by atoms with van der Waals surface area (Å²) in [7, 11) is 3.06. The number of hydrogen-bond acceptors (Lipinski definition) is 5. The highest BCUT2D eigenvalue weighted by molar-refractivity contribution is 6.00. The minimum atomic E-state index is -0.371. The van der Waals surface area contributed by atoms with E-state index < -0.39 is 0 Å². The number of benzene rings is 1. The highest BCUT2D eigenvalue weighted by Gasteiger charge is 2.09. The lowest BCUT2D eigenvalue weighted by molar-refractivity contribution is 0.131. The van der Waals surface area contributed by atoms with Crippen molar-refractivity contribution >= 4 is 17.5 Å². The van der Waals surface area contributed by atoms with Gasteiger partial charge in [0.25, 0.3) is 0 Å². The van der Waals surface area contributed by atoms with E-state index in [2.05, 4.69) is 10.2 Å². The number of nitrogens with zero attached hydrogens (tertiary/aromatic N) is 3. The number of carbonyl (C=O) groups excluding carboxylic acids is 1. The average molecular weight is 341 g/mol. The van der Waals surface area contributed by atoms with Crippen LogP contribution in [0, 0.1) is 6.92 Å². The summed E-state index contributed by atoms with van der Waals surface area (Å²) in [6.07, 6.45) is -0.371. The van der Waals surface area contributed by atoms with Crippen LogP contribution in [0.4, 0.5) is 4.79 Å². The minimum Gasteiger partial charge on any atom is -0.460 e. The molecule has 0 aliphatic carbocycles. The number of furan rings is 1. The third-order valence-electron chi connectivity index (χ3n) is 3.70. The molecule has 2 rings (SSSR count). The zero-order valence-corrected chi connectivity index (χ0v) is 15.2. The molecular weight excluding hydrogens is 318 g/mol. The third kappa shape index (κ3) is 5.04. The van der Waals surface area contributed by atoms with Crippen LogP contribution in [0.2, 0.25) is 0 Å². The van der Waals surface area contributed by atoms with E-state index in [0.29, 0.717) is 18.0 Å². The first kappa shape index (κ1) is 18.4. The molecule has 0 bridgehead atoms. The fraction of sp³-hybridized carbons (Fsp3) is 0.316. The van der Waals surface area contributed by atoms with Crippen LogP contribution in [-0.4, -0.2) is 36.6 Å². The fourth-order valence-corrected chi connectivity index (χ4v) is 2.27. The molecular formula is C19H23N3O3. The summed E-state index contributed by atoms with van der Waals surface area (Å²) in [5.74, 6) is 1.55. The summed E-state index contributed by atoms with van der Waals surface area (Å²) in [6.45, 7) is 6.11. The van der Waals surface area contributed by atoms with Crippen LogP contribution in [0.15, 0.2) is 51.0 Å². The van der Waals surface area contributed by atoms with E-state index in [1.54, 1.807) is 7.05 Å². The molecule has 132 valence electrons. The first-order valence-corrected chi connectivity index (χ1v) is 7.94. The molecule has 0 N–H and O–H groups in total. The summed E-state index contributed by atoms with van der Waals surface area (Å²) < 4.78 is 10.2. The van der Waals surface area contributed by atoms with Crippen molar-refractivity contribution in [1.29, 1.82) is 0 Å². The number of rotatable bonds is 5. The lowest BCUT2D eigenvalue weighted by Crippen LogP contribution is -2.25. The van der Waals surface area contributed by atoms with Crippen LogP contribution >= 0.6 is 0 Å². The summed E-state index contributed by atoms with van der Waals surface area (Å²) in [4.78, 5) is 13.0. The lowest BCUT2D eigenvalue weighted by atomic mass is 10.1. The molecule has 2 aromatic rings. The Kier molecular flexibility index (Phi) is 6.11. The standard InChI is InChI=1S/C19H23N3O3/c1-13-9-10-18(25-13)15(3)21-20-14(2)17-8-6-7-16(11-17)12-22(4)19(23)24-5/h6-11H,12H2,1-5H3/b20-14+,21-15+. The van der Waals surface area contributed by atoms with Crippen LogP contribution in [0.5, 0.6) is 0 Å². The summed E-state index contributed by atoms with van der Waals surface area (Å²) >= 11 is 0. The molecule has 6 heteroatoms. The Morgan fingerprint density at radius 2 is 1.88 bits per heavy atom. The first-order valence-electron chi connectivity index (χ1n) is 7.94. The van der Waals surface area contributed by atoms with Gasteiger partial charge >= 0.3 is 6.09 Å². The smallest absolute Gasteiger partial charge is 0.409 e. The van der Waals surface area contributed by atoms with Crippen LogP contribution in [0.3, 0.4) is 0 Å². The van der Waals surface area contributed by atoms with Crippen molar-refractivity contribution in [2.75, 3.05) is 14.2 Å². The van der Waals surface area contributed by atoms with E-state index in [1.165, 1.54) is 12.0 Å². The van der Waals surface area contributed by atoms with Crippen LogP contribution < -0.4 is 0 Å². The molecule has 0 atom stereocenters. The van der Waals surface area contributed by atoms with Gasteiger partial charge in [0.15, 0.2) is 0 Å². The second-order valence-corrected chi connectivity index (χ2v) is 5.81. The molecule has 0 aliphatic heterocycles. The van der Waals surface area contributed by atoms with Crippen LogP contribution in [-0.2, 0) is 11.3 Å². The third-order valence-corrected chi connectivity index (χ3v) is 3.70. The van der Waals surface area contributed by atoms with Gasteiger partial charge < -0.3 is 14.1 Å². The molecule has 0 saturated carbocycles. The first-order chi connectivity index (χ1) is 11.9. The number of carbonyl (C=O) groups is 1. The van der Waals surface area contributed by atoms with Gasteiger partial charge in [-0.25, -0.2) is 4.79 Å². The SMILES string of the molecule is COC(=O)N(C)Cc1cccc(/C(C)=N/N=C(\C)c2ccc(C)o2)c1. The monoisotopic (exact) mass is 341 g/mol. The largest absolute Gasteiger partial charge is 0.460 e. The molecule has 0 spiro atoms. The van der Waals surface area contributed by atoms with E-state index in [-0.39, 0.29) is 6.09 Å². The summed E-state index contributed by atoms with van der Waals surface area (Å²) in [5.41, 5.74) is 3.43. The van der Waals surface area contributed by atoms with Gasteiger partial charge in [0.1, 0.15) is 17.2 Å². The van der Waals surface area contributed by atoms with E-state index in [4.69, 9.17) is 9.15 Å². The summed E-state index contributed by atoms with van der Waals surface area (Å²) in [5, 5.41) is 8.53. The number of aryl methyl sites for hydroxylation is 1. The van der Waals surface area contributed by atoms with E-state index >= 15 is 0 Å². The van der Waals surface area contributed by atoms with Gasteiger partial charge in [-0.3, -0.25) is 0 Å². The molecule has 1 aromatic heterocycles. The van der Waals surface area contributed by atoms with Gasteiger partial charge in [0.05, 0.1) is 12.8 Å². The minimum absolute atomic E-state index is 0.371. The predicted molar refractivity (Wildman–Crippen MR) is 98.2 cm³/mol. The highest BCUT2D eigenvalue weighted by atomic mass is 16.5. The maximum Gasteiger partial charge on any atom is 0.409 e. The van der Waals surface area contributed by atoms with Gasteiger partial charge in [-0.05, 0) is 50.1 Å². The zero-order valence-electron chi connectivity index (χ0n) is 15.2. The maximum atomic E-state index is 11.5. The topological polar surface area (TPSA) is 67.4 Å². The zero-order chi connectivity index (χ0) is 18.4. The molecule has 0 fully saturated rings. The van der Waals surface area contributed by atoms with Crippen molar-refractivity contribution in [3.63, 3.8) is 0 Å². The van der Waals surface area contributed by atoms with E-state index in [0.717, 1.165) is 22.6 Å². The molecule has 1 aromatic carbocycles. The number of hydrogen-bond donors (Lipinski definition) is 0. The molecule has 0 saturated heterocycles. The van der Waals surface area contributed by atoms with Gasteiger partial charge in [-0.15, -0.1) is 0 Å². The maximum absolute atomic E-state index is 11.5. The van der Waals surface area contributed by atoms with E-state index in [1.807, 2.05) is 57.2 Å². The van der Waals surface area contributed by atoms with Gasteiger partial charge in [0, 0.05) is 13.6 Å². The molecule has 1 heterocycles. The van der Waals surface area contributed by atoms with E-state index in [9.17, 15) is 4.79 Å². The number of ether oxygens (including phenoxy) is 1. The van der Waals surface area contributed by atoms with Crippen LogP contribution in [0.1, 0.15) is 36.5 Å². The Balaban J connectivity index is 2.15. The van der Waals surface area contributed by atoms with Crippen molar-refractivity contribution in [3.05, 3.63) is 59.0 Å². The van der Waals surface area contributed by atoms with Gasteiger partial charge in [-0.1, -0.05) is 18.2 Å². The number of methoxy groups -OCH3 is 1. The Hall–Kier alpha value is -2.89. The van der Waals surface area contributed by atoms with Crippen molar-refractivity contribution in [2.24, 2.45) is 10.2 Å². The van der Waals surface area contributed by atoms with Crippen molar-refractivity contribution in [2.45, 2.75) is 27.3 Å². The molecule has 25 heavy (non-hydrogen) atoms. The lowest BCUT2D eigenvalue weighted by Gasteiger charge is -2.15. The Morgan fingerprint density at radius 3 is 2.52 bits per heavy atom. The quantitative estimate of drug-likeness (QED) is 0.609. The van der Waals surface area contributed by atoms with Gasteiger partial charge in [-0.2, -0.15) is 10.2 Å². The average Bonchev–Trinajstić information content (AvgIpc) is 3.05. The molecule has 1 amide bonds. The predicted octanol–water partition coefficient (Wildman–Crippen LogP) is 4.02. The van der Waals surface area contributed by atoms with Crippen molar-refractivity contribution < 1.29 is 13.9 Å². The Bertz CT molecular complexity index is 806. The van der Waals surface area contributed by atoms with Crippen LogP contribution in [0.25, 0.3) is 0 Å². The summed E-state index contributed by atoms with van der Waals surface area (Å²) in [6, 6.07) is 11.6. The highest BCUT2D eigenvalue weighted by Crippen LogP contribution is 2.11. The normalized spacial score (nSPS) is 12.2. The van der Waals surface area contributed by atoms with Crippen molar-refractivity contribution in [3.8, 4) is 0 Å². The van der Waals surface area contributed by atoms with Gasteiger partial charge in [0.2, 0.25) is 0 Å².